The third kappa shape index (κ3) is 4.70. The Bertz CT molecular complexity index is 1350. The number of benzene rings is 2. The van der Waals surface area contributed by atoms with E-state index in [9.17, 15) is 14.7 Å². The van der Waals surface area contributed by atoms with Crippen LogP contribution in [0.1, 0.15) is 22.9 Å². The molecule has 2 aromatic carbocycles. The average molecular weight is 521 g/mol. The van der Waals surface area contributed by atoms with Crippen LogP contribution in [-0.4, -0.2) is 84.9 Å². The number of aromatic nitrogens is 2. The molecule has 1 amide bonds. The van der Waals surface area contributed by atoms with Gasteiger partial charge in [-0.05, 0) is 50.8 Å². The maximum atomic E-state index is 13.4. The number of aliphatic hydroxyl groups is 1. The maximum absolute atomic E-state index is 13.4. The molecule has 0 bridgehead atoms. The van der Waals surface area contributed by atoms with Gasteiger partial charge < -0.3 is 29.1 Å². The monoisotopic (exact) mass is 520 g/mol. The molecule has 4 rings (SSSR count). The van der Waals surface area contributed by atoms with Gasteiger partial charge in [-0.25, -0.2) is 4.68 Å². The Hall–Kier alpha value is -4.31. The zero-order chi connectivity index (χ0) is 27.6. The van der Waals surface area contributed by atoms with Crippen molar-refractivity contribution in [1.82, 2.24) is 19.6 Å². The summed E-state index contributed by atoms with van der Waals surface area (Å²) in [6, 6.07) is 11.9. The zero-order valence-corrected chi connectivity index (χ0v) is 22.4. The number of carbonyl (C=O) groups excluding carboxylic acids is 2. The van der Waals surface area contributed by atoms with Gasteiger partial charge in [0, 0.05) is 13.1 Å². The number of rotatable bonds is 9. The first-order valence-electron chi connectivity index (χ1n) is 12.1. The molecule has 1 aliphatic heterocycles. The SMILES string of the molecule is COc1cc([C@H]2/C(=C(\O)c3cnn(-c4ccccc4)c3C)C(=O)C(=O)N2CCN(C)C)cc(OC)c1OC. The largest absolute Gasteiger partial charge is 0.507 e. The number of nitrogens with zero attached hydrogens (tertiary/aromatic N) is 4. The molecule has 200 valence electrons. The molecule has 1 atom stereocenters. The number of aliphatic hydroxyl groups excluding tert-OH is 1. The van der Waals surface area contributed by atoms with Gasteiger partial charge in [0.15, 0.2) is 11.5 Å². The van der Waals surface area contributed by atoms with E-state index in [1.807, 2.05) is 49.3 Å². The standard InChI is InChI=1S/C28H32N4O6/c1-17-20(16-29-32(17)19-10-8-7-9-11-19)25(33)23-24(31(13-12-30(2)3)28(35)26(23)34)18-14-21(36-4)27(38-6)22(15-18)37-5/h7-11,14-16,24,33H,12-13H2,1-6H3/b25-23+/t24-/m0/s1. The lowest BCUT2D eigenvalue weighted by Gasteiger charge is -2.27. The summed E-state index contributed by atoms with van der Waals surface area (Å²) in [6.07, 6.45) is 1.50. The summed E-state index contributed by atoms with van der Waals surface area (Å²) in [7, 11) is 8.24. The highest BCUT2D eigenvalue weighted by atomic mass is 16.5. The third-order valence-electron chi connectivity index (χ3n) is 6.60. The van der Waals surface area contributed by atoms with Gasteiger partial charge in [-0.3, -0.25) is 9.59 Å². The molecule has 0 radical (unpaired) electrons. The van der Waals surface area contributed by atoms with Crippen LogP contribution in [0.5, 0.6) is 17.2 Å². The Morgan fingerprint density at radius 1 is 1.03 bits per heavy atom. The van der Waals surface area contributed by atoms with Gasteiger partial charge in [-0.2, -0.15) is 5.10 Å². The highest BCUT2D eigenvalue weighted by Crippen LogP contribution is 2.45. The molecule has 1 aromatic heterocycles. The van der Waals surface area contributed by atoms with Crippen molar-refractivity contribution in [2.45, 2.75) is 13.0 Å². The van der Waals surface area contributed by atoms with Crippen LogP contribution in [0.25, 0.3) is 11.4 Å². The van der Waals surface area contributed by atoms with Gasteiger partial charge in [0.25, 0.3) is 11.7 Å². The highest BCUT2D eigenvalue weighted by molar-refractivity contribution is 6.46. The molecule has 0 saturated carbocycles. The van der Waals surface area contributed by atoms with Gasteiger partial charge in [0.1, 0.15) is 5.76 Å². The summed E-state index contributed by atoms with van der Waals surface area (Å²) >= 11 is 0. The first-order valence-corrected chi connectivity index (χ1v) is 12.1. The van der Waals surface area contributed by atoms with E-state index >= 15 is 0 Å². The number of para-hydroxylation sites is 1. The molecule has 1 aliphatic rings. The second kappa shape index (κ2) is 11.0. The van der Waals surface area contributed by atoms with E-state index < -0.39 is 17.7 Å². The molecule has 0 spiro atoms. The van der Waals surface area contributed by atoms with E-state index in [-0.39, 0.29) is 17.9 Å². The lowest BCUT2D eigenvalue weighted by Crippen LogP contribution is -2.35. The number of carbonyl (C=O) groups is 2. The Morgan fingerprint density at radius 3 is 2.21 bits per heavy atom. The first kappa shape index (κ1) is 26.7. The van der Waals surface area contributed by atoms with Gasteiger partial charge in [-0.15, -0.1) is 0 Å². The van der Waals surface area contributed by atoms with Crippen molar-refractivity contribution in [1.29, 1.82) is 0 Å². The fourth-order valence-electron chi connectivity index (χ4n) is 4.64. The van der Waals surface area contributed by atoms with Crippen LogP contribution in [-0.2, 0) is 9.59 Å². The predicted octanol–water partition coefficient (Wildman–Crippen LogP) is 3.19. The smallest absolute Gasteiger partial charge is 0.295 e. The Labute approximate surface area is 221 Å². The number of likely N-dealkylation sites (tertiary alicyclic amines) is 1. The lowest BCUT2D eigenvalue weighted by atomic mass is 9.94. The van der Waals surface area contributed by atoms with Crippen LogP contribution in [0.15, 0.2) is 54.2 Å². The predicted molar refractivity (Wildman–Crippen MR) is 142 cm³/mol. The highest BCUT2D eigenvalue weighted by Gasteiger charge is 2.46. The van der Waals surface area contributed by atoms with Crippen LogP contribution in [0, 0.1) is 6.92 Å². The van der Waals surface area contributed by atoms with E-state index in [1.54, 1.807) is 23.7 Å². The first-order chi connectivity index (χ1) is 18.2. The zero-order valence-electron chi connectivity index (χ0n) is 22.4. The van der Waals surface area contributed by atoms with Crippen LogP contribution in [0.4, 0.5) is 0 Å². The molecule has 1 fully saturated rings. The molecule has 1 N–H and O–H groups in total. The number of hydrogen-bond donors (Lipinski definition) is 1. The average Bonchev–Trinajstić information content (AvgIpc) is 3.43. The normalized spacial score (nSPS) is 16.8. The van der Waals surface area contributed by atoms with Crippen molar-refractivity contribution in [3.8, 4) is 22.9 Å². The second-order valence-corrected chi connectivity index (χ2v) is 9.15. The number of methoxy groups -OCH3 is 3. The number of amides is 1. The van der Waals surface area contributed by atoms with Gasteiger partial charge in [-0.1, -0.05) is 18.2 Å². The van der Waals surface area contributed by atoms with E-state index in [0.29, 0.717) is 40.6 Å². The number of ether oxygens (including phenoxy) is 3. The summed E-state index contributed by atoms with van der Waals surface area (Å²) in [5.74, 6) is -0.647. The maximum Gasteiger partial charge on any atom is 0.295 e. The fourth-order valence-corrected chi connectivity index (χ4v) is 4.64. The van der Waals surface area contributed by atoms with Gasteiger partial charge >= 0.3 is 0 Å². The Morgan fingerprint density at radius 2 is 1.66 bits per heavy atom. The van der Waals surface area contributed by atoms with Crippen LogP contribution < -0.4 is 14.2 Å². The molecule has 2 heterocycles. The van der Waals surface area contributed by atoms with Crippen molar-refractivity contribution in [3.63, 3.8) is 0 Å². The molecule has 1 saturated heterocycles. The number of ketones is 1. The minimum Gasteiger partial charge on any atom is -0.507 e. The second-order valence-electron chi connectivity index (χ2n) is 9.15. The summed E-state index contributed by atoms with van der Waals surface area (Å²) in [5, 5.41) is 16.0. The molecule has 10 heteroatoms. The summed E-state index contributed by atoms with van der Waals surface area (Å²) in [5.41, 5.74) is 2.29. The van der Waals surface area contributed by atoms with Crippen LogP contribution in [0.3, 0.4) is 0 Å². The molecular weight excluding hydrogens is 488 g/mol. The van der Waals surface area contributed by atoms with Crippen molar-refractivity contribution >= 4 is 17.4 Å². The van der Waals surface area contributed by atoms with Crippen molar-refractivity contribution in [2.24, 2.45) is 0 Å². The summed E-state index contributed by atoms with van der Waals surface area (Å²) in [4.78, 5) is 30.1. The van der Waals surface area contributed by atoms with Crippen LogP contribution in [0.2, 0.25) is 0 Å². The number of likely N-dealkylation sites (N-methyl/N-ethyl adjacent to an activating group) is 1. The quantitative estimate of drug-likeness (QED) is 0.261. The minimum atomic E-state index is -0.886. The van der Waals surface area contributed by atoms with E-state index in [0.717, 1.165) is 5.69 Å². The Kier molecular flexibility index (Phi) is 7.72. The van der Waals surface area contributed by atoms with Crippen molar-refractivity contribution in [2.75, 3.05) is 48.5 Å². The molecule has 38 heavy (non-hydrogen) atoms. The Balaban J connectivity index is 1.92. The van der Waals surface area contributed by atoms with Crippen molar-refractivity contribution in [3.05, 3.63) is 71.1 Å². The molecule has 0 aliphatic carbocycles. The minimum absolute atomic E-state index is 0.0289. The third-order valence-corrected chi connectivity index (χ3v) is 6.60. The molecular formula is C28H32N4O6. The fraction of sp³-hybridized carbons (Fsp3) is 0.321. The molecule has 3 aromatic rings. The number of hydrogen-bond acceptors (Lipinski definition) is 8. The van der Waals surface area contributed by atoms with Gasteiger partial charge in [0.2, 0.25) is 5.75 Å². The van der Waals surface area contributed by atoms with E-state index in [1.165, 1.54) is 32.4 Å². The van der Waals surface area contributed by atoms with Crippen LogP contribution >= 0.6 is 0 Å². The summed E-state index contributed by atoms with van der Waals surface area (Å²) < 4.78 is 18.2. The molecule has 0 unspecified atom stereocenters. The molecule has 10 nitrogen and oxygen atoms in total. The lowest BCUT2D eigenvalue weighted by molar-refractivity contribution is -0.140. The topological polar surface area (TPSA) is 106 Å². The van der Waals surface area contributed by atoms with E-state index in [4.69, 9.17) is 14.2 Å². The summed E-state index contributed by atoms with van der Waals surface area (Å²) in [6.45, 7) is 2.57. The van der Waals surface area contributed by atoms with Gasteiger partial charge in [0.05, 0.1) is 56.1 Å². The van der Waals surface area contributed by atoms with Crippen molar-refractivity contribution < 1.29 is 28.9 Å². The van der Waals surface area contributed by atoms with E-state index in [2.05, 4.69) is 5.10 Å². The number of Topliss-reactive ketones (excluding diaryl/α,β-unsaturated/α-hetero) is 1.